The first-order valence-electron chi connectivity index (χ1n) is 9.43. The molecule has 4 N–H and O–H groups in total. The van der Waals surface area contributed by atoms with Crippen LogP contribution in [-0.4, -0.2) is 29.0 Å². The maximum atomic E-state index is 10.5. The number of phenolic OH excluding ortho intramolecular Hbond substituents is 1. The third-order valence-corrected chi connectivity index (χ3v) is 5.23. The lowest BCUT2D eigenvalue weighted by Crippen LogP contribution is -2.21. The molecule has 0 radical (unpaired) electrons. The molecule has 4 rings (SSSR count). The topological polar surface area (TPSA) is 126 Å². The number of methoxy groups -OCH3 is 1. The summed E-state index contributed by atoms with van der Waals surface area (Å²) in [5.74, 6) is 0.504. The smallest absolute Gasteiger partial charge is 0.244 e. The number of halogens is 1. The molecule has 2 aromatic carbocycles. The average Bonchev–Trinajstić information content (AvgIpc) is 3.18. The van der Waals surface area contributed by atoms with Crippen molar-refractivity contribution in [3.8, 4) is 40.5 Å². The summed E-state index contributed by atoms with van der Waals surface area (Å²) in [5.41, 5.74) is 8.41. The fourth-order valence-corrected chi connectivity index (χ4v) is 3.81. The highest BCUT2D eigenvalue weighted by Crippen LogP contribution is 2.48. The molecule has 1 aromatic heterocycles. The third kappa shape index (κ3) is 3.49. The van der Waals surface area contributed by atoms with Gasteiger partial charge in [-0.1, -0.05) is 11.6 Å². The predicted octanol–water partition coefficient (Wildman–Crippen LogP) is 4.06. The highest BCUT2D eigenvalue weighted by molar-refractivity contribution is 6.30. The van der Waals surface area contributed by atoms with Gasteiger partial charge >= 0.3 is 0 Å². The number of allylic oxidation sites excluding steroid dienone is 1. The highest BCUT2D eigenvalue weighted by atomic mass is 35.5. The number of fused-ring (bicyclic) bond motifs is 1. The molecular formula is C22H19ClN4O4. The molecule has 2 heterocycles. The van der Waals surface area contributed by atoms with Gasteiger partial charge in [-0.15, -0.1) is 5.10 Å². The minimum atomic E-state index is -0.737. The van der Waals surface area contributed by atoms with Gasteiger partial charge in [0.15, 0.2) is 11.5 Å². The van der Waals surface area contributed by atoms with Crippen molar-refractivity contribution in [2.24, 2.45) is 5.73 Å². The van der Waals surface area contributed by atoms with Crippen molar-refractivity contribution in [3.63, 3.8) is 0 Å². The van der Waals surface area contributed by atoms with Crippen LogP contribution in [0.3, 0.4) is 0 Å². The van der Waals surface area contributed by atoms with Crippen molar-refractivity contribution in [2.45, 2.75) is 12.8 Å². The number of aromatic hydroxyl groups is 1. The summed E-state index contributed by atoms with van der Waals surface area (Å²) in [5, 5.41) is 28.0. The monoisotopic (exact) mass is 438 g/mol. The zero-order valence-electron chi connectivity index (χ0n) is 16.8. The van der Waals surface area contributed by atoms with Crippen LogP contribution in [0.1, 0.15) is 24.0 Å². The SMILES string of the molecule is CCOc1ccc(-c2[nH]nc3c2[C@H](c2cc(Cl)ccc2O)C(C#N)=C(N)O3)cc1OC. The van der Waals surface area contributed by atoms with E-state index < -0.39 is 5.92 Å². The van der Waals surface area contributed by atoms with Crippen LogP contribution in [0.4, 0.5) is 0 Å². The van der Waals surface area contributed by atoms with E-state index in [1.807, 2.05) is 13.0 Å². The number of hydrogen-bond donors (Lipinski definition) is 3. The van der Waals surface area contributed by atoms with Gasteiger partial charge in [0.1, 0.15) is 17.4 Å². The maximum Gasteiger partial charge on any atom is 0.244 e. The molecule has 0 saturated carbocycles. The number of ether oxygens (including phenoxy) is 3. The van der Waals surface area contributed by atoms with E-state index in [4.69, 9.17) is 31.5 Å². The summed E-state index contributed by atoms with van der Waals surface area (Å²) in [7, 11) is 1.55. The quantitative estimate of drug-likeness (QED) is 0.548. The molecule has 0 spiro atoms. The molecule has 158 valence electrons. The molecule has 31 heavy (non-hydrogen) atoms. The average molecular weight is 439 g/mol. The second kappa shape index (κ2) is 8.13. The number of nitrogens with zero attached hydrogens (tertiary/aromatic N) is 2. The van der Waals surface area contributed by atoms with Crippen molar-refractivity contribution in [2.75, 3.05) is 13.7 Å². The molecule has 1 aliphatic heterocycles. The van der Waals surface area contributed by atoms with Gasteiger partial charge in [-0.05, 0) is 43.3 Å². The van der Waals surface area contributed by atoms with Gasteiger partial charge < -0.3 is 25.1 Å². The number of aromatic amines is 1. The lowest BCUT2D eigenvalue weighted by molar-refractivity contribution is 0.311. The molecule has 1 aliphatic rings. The largest absolute Gasteiger partial charge is 0.508 e. The van der Waals surface area contributed by atoms with Gasteiger partial charge in [0.25, 0.3) is 0 Å². The van der Waals surface area contributed by atoms with E-state index in [0.717, 1.165) is 5.56 Å². The highest BCUT2D eigenvalue weighted by Gasteiger charge is 2.37. The Bertz CT molecular complexity index is 1230. The minimum absolute atomic E-state index is 0.0285. The fourth-order valence-electron chi connectivity index (χ4n) is 3.63. The number of aromatic nitrogens is 2. The summed E-state index contributed by atoms with van der Waals surface area (Å²) >= 11 is 6.18. The minimum Gasteiger partial charge on any atom is -0.508 e. The normalized spacial score (nSPS) is 15.1. The Morgan fingerprint density at radius 3 is 2.81 bits per heavy atom. The summed E-state index contributed by atoms with van der Waals surface area (Å²) < 4.78 is 16.6. The Morgan fingerprint density at radius 2 is 2.10 bits per heavy atom. The zero-order valence-corrected chi connectivity index (χ0v) is 17.5. The van der Waals surface area contributed by atoms with Crippen molar-refractivity contribution in [1.82, 2.24) is 10.2 Å². The van der Waals surface area contributed by atoms with Crippen molar-refractivity contribution in [3.05, 3.63) is 64.0 Å². The standard InChI is InChI=1S/C22H19ClN4O4/c1-3-30-16-7-4-11(8-17(16)29-2)20-19-18(13-9-12(23)5-6-15(13)28)14(10-24)21(25)31-22(19)27-26-20/h4-9,18,28H,3,25H2,1-2H3,(H,26,27)/t18-/m1/s1. The van der Waals surface area contributed by atoms with Crippen LogP contribution >= 0.6 is 11.6 Å². The Morgan fingerprint density at radius 1 is 1.29 bits per heavy atom. The number of phenols is 1. The van der Waals surface area contributed by atoms with Gasteiger partial charge in [-0.25, -0.2) is 0 Å². The lowest BCUT2D eigenvalue weighted by Gasteiger charge is -2.25. The number of hydrogen-bond acceptors (Lipinski definition) is 7. The molecule has 3 aromatic rings. The Labute approximate surface area is 183 Å². The van der Waals surface area contributed by atoms with Crippen LogP contribution in [0.25, 0.3) is 11.3 Å². The summed E-state index contributed by atoms with van der Waals surface area (Å²) in [6.45, 7) is 2.38. The molecule has 0 unspecified atom stereocenters. The van der Waals surface area contributed by atoms with E-state index in [2.05, 4.69) is 16.3 Å². The Kier molecular flexibility index (Phi) is 5.36. The molecule has 8 nitrogen and oxygen atoms in total. The van der Waals surface area contributed by atoms with Gasteiger partial charge in [-0.2, -0.15) is 5.26 Å². The Hall–Kier alpha value is -3.83. The van der Waals surface area contributed by atoms with E-state index in [9.17, 15) is 10.4 Å². The second-order valence-corrected chi connectivity index (χ2v) is 7.18. The zero-order chi connectivity index (χ0) is 22.1. The molecule has 0 amide bonds. The number of nitrogens with one attached hydrogen (secondary N) is 1. The van der Waals surface area contributed by atoms with E-state index in [1.165, 1.54) is 6.07 Å². The summed E-state index contributed by atoms with van der Waals surface area (Å²) in [6.07, 6.45) is 0. The molecule has 1 atom stereocenters. The Balaban J connectivity index is 1.93. The number of H-pyrrole nitrogens is 1. The van der Waals surface area contributed by atoms with E-state index in [0.29, 0.717) is 39.9 Å². The van der Waals surface area contributed by atoms with Gasteiger partial charge in [0, 0.05) is 16.1 Å². The number of nitrogens with two attached hydrogens (primary N) is 1. The summed E-state index contributed by atoms with van der Waals surface area (Å²) in [6, 6.07) is 12.1. The molecular weight excluding hydrogens is 420 g/mol. The molecule has 9 heteroatoms. The van der Waals surface area contributed by atoms with Gasteiger partial charge in [-0.3, -0.25) is 5.10 Å². The van der Waals surface area contributed by atoms with Crippen LogP contribution < -0.4 is 19.9 Å². The number of benzene rings is 2. The first kappa shape index (κ1) is 20.4. The second-order valence-electron chi connectivity index (χ2n) is 6.74. The van der Waals surface area contributed by atoms with Crippen LogP contribution in [0, 0.1) is 11.3 Å². The lowest BCUT2D eigenvalue weighted by atomic mass is 9.82. The van der Waals surface area contributed by atoms with Crippen molar-refractivity contribution in [1.29, 1.82) is 5.26 Å². The predicted molar refractivity (Wildman–Crippen MR) is 114 cm³/mol. The molecule has 0 aliphatic carbocycles. The van der Waals surface area contributed by atoms with Gasteiger partial charge in [0.2, 0.25) is 11.8 Å². The first-order valence-corrected chi connectivity index (χ1v) is 9.81. The maximum absolute atomic E-state index is 10.5. The van der Waals surface area contributed by atoms with Crippen LogP contribution in [0.5, 0.6) is 23.1 Å². The molecule has 0 bridgehead atoms. The van der Waals surface area contributed by atoms with Gasteiger partial charge in [0.05, 0.1) is 30.9 Å². The number of rotatable bonds is 5. The molecule has 0 fully saturated rings. The first-order chi connectivity index (χ1) is 15.0. The van der Waals surface area contributed by atoms with Crippen LogP contribution in [0.15, 0.2) is 47.9 Å². The summed E-state index contributed by atoms with van der Waals surface area (Å²) in [4.78, 5) is 0. The van der Waals surface area contributed by atoms with E-state index in [1.54, 1.807) is 31.4 Å². The van der Waals surface area contributed by atoms with Crippen molar-refractivity contribution < 1.29 is 19.3 Å². The van der Waals surface area contributed by atoms with E-state index in [-0.39, 0.29) is 23.1 Å². The van der Waals surface area contributed by atoms with Crippen molar-refractivity contribution >= 4 is 11.6 Å². The van der Waals surface area contributed by atoms with Crippen LogP contribution in [-0.2, 0) is 0 Å². The fraction of sp³-hybridized carbons (Fsp3) is 0.182. The van der Waals surface area contributed by atoms with Crippen LogP contribution in [0.2, 0.25) is 5.02 Å². The third-order valence-electron chi connectivity index (χ3n) is 4.99. The molecule has 0 saturated heterocycles. The van der Waals surface area contributed by atoms with E-state index >= 15 is 0 Å². The number of nitriles is 1.